The number of carbonyl (C=O) groups excluding carboxylic acids is 2. The van der Waals surface area contributed by atoms with Gasteiger partial charge in [0.15, 0.2) is 6.61 Å². The van der Waals surface area contributed by atoms with Gasteiger partial charge in [-0.15, -0.1) is 0 Å². The first-order valence-corrected chi connectivity index (χ1v) is 7.72. The molecule has 0 atom stereocenters. The van der Waals surface area contributed by atoms with Gasteiger partial charge in [0, 0.05) is 26.2 Å². The highest BCUT2D eigenvalue weighted by Crippen LogP contribution is 2.12. The van der Waals surface area contributed by atoms with Crippen molar-refractivity contribution in [1.29, 1.82) is 0 Å². The van der Waals surface area contributed by atoms with Gasteiger partial charge < -0.3 is 15.0 Å². The Bertz CT molecular complexity index is 709. The van der Waals surface area contributed by atoms with E-state index in [-0.39, 0.29) is 18.4 Å². The van der Waals surface area contributed by atoms with Gasteiger partial charge in [0.2, 0.25) is 0 Å². The second-order valence-electron chi connectivity index (χ2n) is 5.78. The summed E-state index contributed by atoms with van der Waals surface area (Å²) in [7, 11) is 3.43. The van der Waals surface area contributed by atoms with E-state index in [2.05, 4.69) is 5.32 Å². The van der Waals surface area contributed by atoms with Crippen LogP contribution < -0.4 is 10.1 Å². The quantitative estimate of drug-likeness (QED) is 0.887. The van der Waals surface area contributed by atoms with Crippen LogP contribution in [0.3, 0.4) is 0 Å². The molecule has 0 heterocycles. The number of nitrogens with zero attached hydrogens (tertiary/aromatic N) is 1. The molecule has 0 unspecified atom stereocenters. The summed E-state index contributed by atoms with van der Waals surface area (Å²) in [4.78, 5) is 25.2. The Hall–Kier alpha value is -2.82. The molecule has 2 rings (SSSR count). The summed E-state index contributed by atoms with van der Waals surface area (Å²) in [5.74, 6) is 0.443. The third kappa shape index (κ3) is 5.12. The fourth-order valence-electron chi connectivity index (χ4n) is 2.13. The number of aryl methyl sites for hydroxylation is 1. The number of ether oxygens (including phenoxy) is 1. The van der Waals surface area contributed by atoms with E-state index in [1.807, 2.05) is 43.3 Å². The summed E-state index contributed by atoms with van der Waals surface area (Å²) < 4.78 is 5.45. The molecule has 5 heteroatoms. The minimum Gasteiger partial charge on any atom is -0.484 e. The highest BCUT2D eigenvalue weighted by molar-refractivity contribution is 5.93. The van der Waals surface area contributed by atoms with E-state index in [4.69, 9.17) is 4.74 Å². The molecule has 0 aliphatic heterocycles. The van der Waals surface area contributed by atoms with Crippen molar-refractivity contribution in [3.8, 4) is 5.75 Å². The van der Waals surface area contributed by atoms with E-state index >= 15 is 0 Å². The first kappa shape index (κ1) is 17.5. The number of hydrogen-bond donors (Lipinski definition) is 1. The van der Waals surface area contributed by atoms with Gasteiger partial charge in [-0.05, 0) is 42.3 Å². The highest BCUT2D eigenvalue weighted by atomic mass is 16.5. The lowest BCUT2D eigenvalue weighted by atomic mass is 10.1. The van der Waals surface area contributed by atoms with E-state index in [1.54, 1.807) is 26.2 Å². The Kier molecular flexibility index (Phi) is 5.95. The van der Waals surface area contributed by atoms with Crippen LogP contribution in [0.2, 0.25) is 0 Å². The molecule has 0 spiro atoms. The highest BCUT2D eigenvalue weighted by Gasteiger charge is 2.08. The van der Waals surface area contributed by atoms with Gasteiger partial charge >= 0.3 is 0 Å². The normalized spacial score (nSPS) is 10.1. The molecule has 5 nitrogen and oxygen atoms in total. The van der Waals surface area contributed by atoms with Crippen molar-refractivity contribution in [2.24, 2.45) is 0 Å². The summed E-state index contributed by atoms with van der Waals surface area (Å²) in [6.07, 6.45) is 0. The predicted octanol–water partition coefficient (Wildman–Crippen LogP) is 2.39. The van der Waals surface area contributed by atoms with Gasteiger partial charge in [-0.2, -0.15) is 0 Å². The van der Waals surface area contributed by atoms with Crippen LogP contribution in [-0.2, 0) is 11.3 Å². The van der Waals surface area contributed by atoms with Gasteiger partial charge in [0.1, 0.15) is 5.75 Å². The standard InChI is InChI=1S/C19H22N2O3/c1-14-5-4-6-17(11-14)24-13-18(22)20-12-15-7-9-16(10-8-15)19(23)21(2)3/h4-11H,12-13H2,1-3H3,(H,20,22). The maximum atomic E-state index is 11.8. The van der Waals surface area contributed by atoms with Crippen LogP contribution in [0.5, 0.6) is 5.75 Å². The van der Waals surface area contributed by atoms with Crippen molar-refractivity contribution in [3.05, 3.63) is 65.2 Å². The fraction of sp³-hybridized carbons (Fsp3) is 0.263. The molecule has 0 fully saturated rings. The van der Waals surface area contributed by atoms with Crippen molar-refractivity contribution in [3.63, 3.8) is 0 Å². The molecule has 2 aromatic carbocycles. The van der Waals surface area contributed by atoms with Crippen molar-refractivity contribution >= 4 is 11.8 Å². The third-order valence-corrected chi connectivity index (χ3v) is 3.46. The number of hydrogen-bond acceptors (Lipinski definition) is 3. The summed E-state index contributed by atoms with van der Waals surface area (Å²) in [5, 5.41) is 2.80. The summed E-state index contributed by atoms with van der Waals surface area (Å²) >= 11 is 0. The molecule has 0 saturated heterocycles. The maximum absolute atomic E-state index is 11.8. The Morgan fingerprint density at radius 1 is 1.08 bits per heavy atom. The van der Waals surface area contributed by atoms with E-state index in [0.717, 1.165) is 11.1 Å². The molecule has 0 aliphatic rings. The second-order valence-corrected chi connectivity index (χ2v) is 5.78. The van der Waals surface area contributed by atoms with E-state index in [9.17, 15) is 9.59 Å². The van der Waals surface area contributed by atoms with Crippen molar-refractivity contribution in [2.75, 3.05) is 20.7 Å². The molecule has 0 aromatic heterocycles. The molecule has 0 aliphatic carbocycles. The zero-order chi connectivity index (χ0) is 17.5. The summed E-state index contributed by atoms with van der Waals surface area (Å²) in [5.41, 5.74) is 2.63. The molecule has 24 heavy (non-hydrogen) atoms. The van der Waals surface area contributed by atoms with Crippen LogP contribution in [0.15, 0.2) is 48.5 Å². The smallest absolute Gasteiger partial charge is 0.258 e. The lowest BCUT2D eigenvalue weighted by molar-refractivity contribution is -0.123. The zero-order valence-electron chi connectivity index (χ0n) is 14.2. The molecule has 0 bridgehead atoms. The Labute approximate surface area is 142 Å². The lowest BCUT2D eigenvalue weighted by Crippen LogP contribution is -2.28. The first-order chi connectivity index (χ1) is 11.5. The van der Waals surface area contributed by atoms with Crippen LogP contribution >= 0.6 is 0 Å². The molecular weight excluding hydrogens is 304 g/mol. The molecule has 2 aromatic rings. The van der Waals surface area contributed by atoms with E-state index < -0.39 is 0 Å². The Morgan fingerprint density at radius 2 is 1.79 bits per heavy atom. The van der Waals surface area contributed by atoms with E-state index in [0.29, 0.717) is 17.9 Å². The zero-order valence-corrected chi connectivity index (χ0v) is 14.2. The summed E-state index contributed by atoms with van der Waals surface area (Å²) in [6.45, 7) is 2.34. The number of rotatable bonds is 6. The molecule has 126 valence electrons. The van der Waals surface area contributed by atoms with E-state index in [1.165, 1.54) is 4.90 Å². The summed E-state index contributed by atoms with van der Waals surface area (Å²) in [6, 6.07) is 14.7. The van der Waals surface area contributed by atoms with Gasteiger partial charge in [-0.1, -0.05) is 24.3 Å². The fourth-order valence-corrected chi connectivity index (χ4v) is 2.13. The van der Waals surface area contributed by atoms with Gasteiger partial charge in [-0.25, -0.2) is 0 Å². The molecular formula is C19H22N2O3. The molecule has 1 N–H and O–H groups in total. The third-order valence-electron chi connectivity index (χ3n) is 3.46. The van der Waals surface area contributed by atoms with Crippen molar-refractivity contribution in [2.45, 2.75) is 13.5 Å². The van der Waals surface area contributed by atoms with Crippen molar-refractivity contribution in [1.82, 2.24) is 10.2 Å². The number of carbonyl (C=O) groups is 2. The number of amides is 2. The van der Waals surface area contributed by atoms with Crippen LogP contribution in [0.1, 0.15) is 21.5 Å². The van der Waals surface area contributed by atoms with Crippen molar-refractivity contribution < 1.29 is 14.3 Å². The predicted molar refractivity (Wildman–Crippen MR) is 93.0 cm³/mol. The molecule has 0 radical (unpaired) electrons. The number of benzene rings is 2. The maximum Gasteiger partial charge on any atom is 0.258 e. The number of nitrogens with one attached hydrogen (secondary N) is 1. The van der Waals surface area contributed by atoms with Crippen LogP contribution in [-0.4, -0.2) is 37.4 Å². The largest absolute Gasteiger partial charge is 0.484 e. The minimum atomic E-state index is -0.190. The Balaban J connectivity index is 1.80. The average Bonchev–Trinajstić information content (AvgIpc) is 2.58. The van der Waals surface area contributed by atoms with Gasteiger partial charge in [0.25, 0.3) is 11.8 Å². The minimum absolute atomic E-state index is 0.0271. The monoisotopic (exact) mass is 326 g/mol. The van der Waals surface area contributed by atoms with Crippen LogP contribution in [0.25, 0.3) is 0 Å². The SMILES string of the molecule is Cc1cccc(OCC(=O)NCc2ccc(C(=O)N(C)C)cc2)c1. The topological polar surface area (TPSA) is 58.6 Å². The Morgan fingerprint density at radius 3 is 2.42 bits per heavy atom. The van der Waals surface area contributed by atoms with Gasteiger partial charge in [0.05, 0.1) is 0 Å². The van der Waals surface area contributed by atoms with Gasteiger partial charge in [-0.3, -0.25) is 9.59 Å². The van der Waals surface area contributed by atoms with Crippen LogP contribution in [0.4, 0.5) is 0 Å². The molecule has 2 amide bonds. The average molecular weight is 326 g/mol. The van der Waals surface area contributed by atoms with Crippen LogP contribution in [0, 0.1) is 6.92 Å². The second kappa shape index (κ2) is 8.15. The first-order valence-electron chi connectivity index (χ1n) is 7.72. The lowest BCUT2D eigenvalue weighted by Gasteiger charge is -2.11. The molecule has 0 saturated carbocycles.